The van der Waals surface area contributed by atoms with E-state index in [2.05, 4.69) is 29.9 Å². The smallest absolute Gasteiger partial charge is 0.408 e. The minimum absolute atomic E-state index is 0.0330. The van der Waals surface area contributed by atoms with Crippen LogP contribution in [-0.4, -0.2) is 59.0 Å². The van der Waals surface area contributed by atoms with Crippen LogP contribution in [0, 0.1) is 0 Å². The summed E-state index contributed by atoms with van der Waals surface area (Å²) in [5, 5.41) is 11.7. The van der Waals surface area contributed by atoms with E-state index in [1.165, 1.54) is 10.8 Å². The van der Waals surface area contributed by atoms with E-state index in [4.69, 9.17) is 15.2 Å². The van der Waals surface area contributed by atoms with Gasteiger partial charge in [-0.3, -0.25) is 4.79 Å². The number of nitrogens with one attached hydrogen (secondary N) is 1. The van der Waals surface area contributed by atoms with Gasteiger partial charge in [-0.15, -0.1) is 0 Å². The summed E-state index contributed by atoms with van der Waals surface area (Å²) in [5.74, 6) is -2.04. The average molecular weight is 429 g/mol. The second kappa shape index (κ2) is 9.88. The van der Waals surface area contributed by atoms with Crippen LogP contribution in [0.4, 0.5) is 4.79 Å². The summed E-state index contributed by atoms with van der Waals surface area (Å²) >= 11 is 0. The fraction of sp³-hybridized carbons (Fsp3) is 0.667. The summed E-state index contributed by atoms with van der Waals surface area (Å²) in [5.41, 5.74) is 4.89. The maximum Gasteiger partial charge on any atom is 0.408 e. The van der Waals surface area contributed by atoms with E-state index in [1.807, 2.05) is 0 Å². The molecule has 1 aromatic heterocycles. The van der Waals surface area contributed by atoms with Crippen molar-refractivity contribution < 1.29 is 29.0 Å². The topological polar surface area (TPSA) is 146 Å². The van der Waals surface area contributed by atoms with Gasteiger partial charge in [-0.2, -0.15) is 0 Å². The summed E-state index contributed by atoms with van der Waals surface area (Å²) in [6, 6.07) is -0.316. The molecule has 11 heteroatoms. The lowest BCUT2D eigenvalue weighted by molar-refractivity contribution is -0.139. The summed E-state index contributed by atoms with van der Waals surface area (Å²) in [4.78, 5) is 39.2. The van der Waals surface area contributed by atoms with E-state index in [-0.39, 0.29) is 24.7 Å². The number of amides is 2. The van der Waals surface area contributed by atoms with Gasteiger partial charge in [0.25, 0.3) is 5.91 Å². The summed E-state index contributed by atoms with van der Waals surface area (Å²) in [7, 11) is -1.25. The van der Waals surface area contributed by atoms with Crippen LogP contribution in [0.5, 0.6) is 0 Å². The maximum atomic E-state index is 11.9. The Morgan fingerprint density at radius 2 is 1.93 bits per heavy atom. The molecule has 0 saturated carbocycles. The van der Waals surface area contributed by atoms with Crippen LogP contribution in [-0.2, 0) is 27.4 Å². The predicted molar refractivity (Wildman–Crippen MR) is 109 cm³/mol. The van der Waals surface area contributed by atoms with Crippen molar-refractivity contribution in [2.24, 2.45) is 5.73 Å². The fourth-order valence-corrected chi connectivity index (χ4v) is 3.02. The zero-order valence-corrected chi connectivity index (χ0v) is 18.9. The van der Waals surface area contributed by atoms with Crippen molar-refractivity contribution in [2.75, 3.05) is 6.61 Å². The number of carbonyl (C=O) groups excluding carboxylic acids is 2. The minimum atomic E-state index is -1.28. The van der Waals surface area contributed by atoms with Gasteiger partial charge < -0.3 is 30.2 Å². The van der Waals surface area contributed by atoms with Gasteiger partial charge >= 0.3 is 12.1 Å². The number of primary amides is 1. The van der Waals surface area contributed by atoms with Crippen molar-refractivity contribution in [1.29, 1.82) is 0 Å². The van der Waals surface area contributed by atoms with E-state index >= 15 is 0 Å². The Balaban J connectivity index is 2.84. The van der Waals surface area contributed by atoms with Gasteiger partial charge in [-0.1, -0.05) is 19.6 Å². The second-order valence-electron chi connectivity index (χ2n) is 8.98. The van der Waals surface area contributed by atoms with Crippen molar-refractivity contribution in [1.82, 2.24) is 14.9 Å². The number of aliphatic carboxylic acids is 1. The number of hydrogen-bond acceptors (Lipinski definition) is 6. The number of nitrogens with two attached hydrogens (primary N) is 1. The van der Waals surface area contributed by atoms with E-state index in [0.29, 0.717) is 6.61 Å². The van der Waals surface area contributed by atoms with Gasteiger partial charge in [0.2, 0.25) is 5.82 Å². The molecule has 0 aliphatic carbocycles. The van der Waals surface area contributed by atoms with E-state index in [1.54, 1.807) is 20.8 Å². The lowest BCUT2D eigenvalue weighted by Gasteiger charge is -2.21. The number of aromatic nitrogens is 2. The molecule has 10 nitrogen and oxygen atoms in total. The number of rotatable bonds is 10. The van der Waals surface area contributed by atoms with Gasteiger partial charge in [0, 0.05) is 27.3 Å². The Morgan fingerprint density at radius 1 is 1.31 bits per heavy atom. The van der Waals surface area contributed by atoms with Crippen LogP contribution >= 0.6 is 0 Å². The van der Waals surface area contributed by atoms with Gasteiger partial charge in [-0.25, -0.2) is 14.6 Å². The van der Waals surface area contributed by atoms with Crippen LogP contribution in [0.2, 0.25) is 25.7 Å². The highest BCUT2D eigenvalue weighted by atomic mass is 28.3. The van der Waals surface area contributed by atoms with E-state index in [0.717, 1.165) is 6.04 Å². The third-order valence-electron chi connectivity index (χ3n) is 3.68. The van der Waals surface area contributed by atoms with Crippen molar-refractivity contribution in [3.05, 3.63) is 17.7 Å². The van der Waals surface area contributed by atoms with E-state index in [9.17, 15) is 19.5 Å². The van der Waals surface area contributed by atoms with Crippen molar-refractivity contribution in [2.45, 2.75) is 71.3 Å². The fourth-order valence-electron chi connectivity index (χ4n) is 2.26. The van der Waals surface area contributed by atoms with Crippen LogP contribution in [0.3, 0.4) is 0 Å². The zero-order chi connectivity index (χ0) is 22.4. The Bertz CT molecular complexity index is 736. The first kappa shape index (κ1) is 24.6. The largest absolute Gasteiger partial charge is 0.480 e. The molecule has 1 heterocycles. The standard InChI is InChI=1S/C18H32N4O6Si/c1-18(2,3)28-17(26)21-13(16(24)25)9-12-10-22(15(20-12)14(19)23)11-27-7-8-29(4,5)6/h10,13H,7-9,11H2,1-6H3,(H2,19,23)(H,21,26)(H,24,25)/t13-/m0/s1. The molecule has 0 radical (unpaired) electrons. The molecule has 164 valence electrons. The molecule has 1 atom stereocenters. The van der Waals surface area contributed by atoms with Crippen LogP contribution < -0.4 is 11.1 Å². The lowest BCUT2D eigenvalue weighted by Crippen LogP contribution is -2.44. The Morgan fingerprint density at radius 3 is 2.41 bits per heavy atom. The van der Waals surface area contributed by atoms with Crippen molar-refractivity contribution in [3.8, 4) is 0 Å². The molecule has 1 rings (SSSR count). The number of nitrogens with zero attached hydrogens (tertiary/aromatic N) is 2. The molecule has 0 fully saturated rings. The average Bonchev–Trinajstić information content (AvgIpc) is 2.91. The number of alkyl carbamates (subject to hydrolysis) is 1. The third kappa shape index (κ3) is 9.57. The zero-order valence-electron chi connectivity index (χ0n) is 17.9. The Hall–Kier alpha value is -2.40. The molecule has 0 unspecified atom stereocenters. The minimum Gasteiger partial charge on any atom is -0.480 e. The maximum absolute atomic E-state index is 11.9. The second-order valence-corrected chi connectivity index (χ2v) is 14.6. The monoisotopic (exact) mass is 428 g/mol. The van der Waals surface area contributed by atoms with Crippen LogP contribution in [0.15, 0.2) is 6.20 Å². The summed E-state index contributed by atoms with van der Waals surface area (Å²) < 4.78 is 12.1. The quantitative estimate of drug-likeness (QED) is 0.380. The molecule has 0 saturated heterocycles. The number of carboxylic acid groups (broad SMARTS) is 1. The molecule has 29 heavy (non-hydrogen) atoms. The molecule has 4 N–H and O–H groups in total. The molecule has 0 spiro atoms. The molecule has 2 amide bonds. The molecule has 0 aliphatic rings. The summed E-state index contributed by atoms with van der Waals surface area (Å²) in [6.07, 6.45) is 0.507. The van der Waals surface area contributed by atoms with E-state index < -0.39 is 37.7 Å². The highest BCUT2D eigenvalue weighted by Gasteiger charge is 2.26. The SMILES string of the molecule is CC(C)(C)OC(=O)N[C@@H](Cc1cn(COCC[Si](C)(C)C)c(C(N)=O)n1)C(=O)O. The number of carbonyl (C=O) groups is 3. The molecule has 0 bridgehead atoms. The Kier molecular flexibility index (Phi) is 8.39. The number of imidazole rings is 1. The molecular weight excluding hydrogens is 396 g/mol. The molecule has 0 aromatic carbocycles. The highest BCUT2D eigenvalue weighted by Crippen LogP contribution is 2.11. The first-order valence-electron chi connectivity index (χ1n) is 9.34. The normalized spacial score (nSPS) is 13.0. The van der Waals surface area contributed by atoms with Gasteiger partial charge in [-0.05, 0) is 26.8 Å². The highest BCUT2D eigenvalue weighted by molar-refractivity contribution is 6.76. The molecule has 0 aliphatic heterocycles. The number of carboxylic acids is 1. The van der Waals surface area contributed by atoms with Crippen LogP contribution in [0.25, 0.3) is 0 Å². The van der Waals surface area contributed by atoms with Crippen molar-refractivity contribution >= 4 is 26.0 Å². The van der Waals surface area contributed by atoms with Crippen molar-refractivity contribution in [3.63, 3.8) is 0 Å². The van der Waals surface area contributed by atoms with Gasteiger partial charge in [0.15, 0.2) is 0 Å². The number of ether oxygens (including phenoxy) is 2. The third-order valence-corrected chi connectivity index (χ3v) is 5.38. The molecule has 1 aromatic rings. The Labute approximate surface area is 171 Å². The summed E-state index contributed by atoms with van der Waals surface area (Å²) in [6.45, 7) is 12.3. The van der Waals surface area contributed by atoms with Crippen LogP contribution in [0.1, 0.15) is 37.1 Å². The first-order valence-corrected chi connectivity index (χ1v) is 13.0. The number of hydrogen-bond donors (Lipinski definition) is 3. The lowest BCUT2D eigenvalue weighted by atomic mass is 10.1. The molecular formula is C18H32N4O6Si. The predicted octanol–water partition coefficient (Wildman–Crippen LogP) is 1.81. The van der Waals surface area contributed by atoms with Gasteiger partial charge in [0.05, 0.1) is 5.69 Å². The first-order chi connectivity index (χ1) is 13.2. The van der Waals surface area contributed by atoms with Gasteiger partial charge in [0.1, 0.15) is 18.4 Å².